The van der Waals surface area contributed by atoms with Gasteiger partial charge >= 0.3 is 0 Å². The zero-order valence-electron chi connectivity index (χ0n) is 11.5. The molecule has 1 aliphatic rings. The predicted molar refractivity (Wildman–Crippen MR) is 78.5 cm³/mol. The zero-order chi connectivity index (χ0) is 14.7. The van der Waals surface area contributed by atoms with Gasteiger partial charge in [0, 0.05) is 6.20 Å². The van der Waals surface area contributed by atoms with Crippen LogP contribution >= 0.6 is 23.2 Å². The minimum atomic E-state index is -0.113. The van der Waals surface area contributed by atoms with Gasteiger partial charge in [0.1, 0.15) is 25.3 Å². The van der Waals surface area contributed by atoms with E-state index >= 15 is 0 Å². The van der Waals surface area contributed by atoms with Crippen LogP contribution in [0.15, 0.2) is 12.3 Å². The molecule has 0 radical (unpaired) electrons. The average Bonchev–Trinajstić information content (AvgIpc) is 2.31. The molecule has 0 spiro atoms. The Morgan fingerprint density at radius 3 is 2.70 bits per heavy atom. The number of amides is 1. The molecular weight excluding hydrogens is 301 g/mol. The fourth-order valence-corrected chi connectivity index (χ4v) is 2.87. The molecule has 5 nitrogen and oxygen atoms in total. The van der Waals surface area contributed by atoms with E-state index < -0.39 is 0 Å². The van der Waals surface area contributed by atoms with Crippen molar-refractivity contribution in [2.24, 2.45) is 0 Å². The normalized spacial score (nSPS) is 26.3. The average molecular weight is 319 g/mol. The molecule has 1 aromatic heterocycles. The van der Waals surface area contributed by atoms with Crippen LogP contribution in [0.5, 0.6) is 0 Å². The molecule has 0 aromatic carbocycles. The summed E-state index contributed by atoms with van der Waals surface area (Å²) in [6.07, 6.45) is 1.78. The van der Waals surface area contributed by atoms with Crippen LogP contribution in [0.1, 0.15) is 13.8 Å². The molecule has 2 heterocycles. The predicted octanol–water partition coefficient (Wildman–Crippen LogP) is 1.02. The Morgan fingerprint density at radius 1 is 1.45 bits per heavy atom. The molecule has 20 heavy (non-hydrogen) atoms. The first-order valence-corrected chi connectivity index (χ1v) is 7.29. The standard InChI is InChI=1S/C13H17Cl2N3O2/c1-8-5-18(6-9(2)20-8)7-12(19)17-13-11(15)3-10(14)4-16-13/h3-4,8-9H,5-7H2,1-2H3,(H,16,17,19)/p+1/t8-,9-/m1/s1. The van der Waals surface area contributed by atoms with Crippen LogP contribution in [0.3, 0.4) is 0 Å². The number of morpholine rings is 1. The number of aromatic nitrogens is 1. The highest BCUT2D eigenvalue weighted by atomic mass is 35.5. The lowest BCUT2D eigenvalue weighted by Crippen LogP contribution is -3.16. The third-order valence-corrected chi connectivity index (χ3v) is 3.59. The number of carbonyl (C=O) groups is 1. The van der Waals surface area contributed by atoms with Crippen LogP contribution in [0.2, 0.25) is 10.0 Å². The lowest BCUT2D eigenvalue weighted by atomic mass is 10.2. The molecule has 7 heteroatoms. The van der Waals surface area contributed by atoms with Crippen LogP contribution < -0.4 is 10.2 Å². The molecule has 0 aliphatic carbocycles. The Kier molecular flexibility index (Phi) is 5.21. The van der Waals surface area contributed by atoms with Crippen LogP contribution in [0, 0.1) is 0 Å². The largest absolute Gasteiger partial charge is 0.364 e. The van der Waals surface area contributed by atoms with Gasteiger partial charge in [0.2, 0.25) is 0 Å². The highest BCUT2D eigenvalue weighted by molar-refractivity contribution is 6.36. The van der Waals surface area contributed by atoms with Crippen LogP contribution in [-0.2, 0) is 9.53 Å². The maximum atomic E-state index is 12.0. The highest BCUT2D eigenvalue weighted by Gasteiger charge is 2.27. The number of nitrogens with one attached hydrogen (secondary N) is 2. The number of hydrogen-bond acceptors (Lipinski definition) is 3. The maximum absolute atomic E-state index is 12.0. The van der Waals surface area contributed by atoms with Gasteiger partial charge in [0.15, 0.2) is 12.4 Å². The Bertz CT molecular complexity index is 489. The van der Waals surface area contributed by atoms with E-state index in [9.17, 15) is 4.79 Å². The molecule has 1 saturated heterocycles. The van der Waals surface area contributed by atoms with Crippen molar-refractivity contribution in [3.05, 3.63) is 22.3 Å². The summed E-state index contributed by atoms with van der Waals surface area (Å²) >= 11 is 11.7. The first-order valence-electron chi connectivity index (χ1n) is 6.54. The number of anilines is 1. The topological polar surface area (TPSA) is 55.7 Å². The SMILES string of the molecule is C[C@@H]1C[NH+](CC(=O)Nc2ncc(Cl)cc2Cl)C[C@@H](C)O1. The summed E-state index contributed by atoms with van der Waals surface area (Å²) in [6, 6.07) is 1.55. The van der Waals surface area contributed by atoms with Crippen LogP contribution in [0.4, 0.5) is 5.82 Å². The Labute approximate surface area is 128 Å². The lowest BCUT2D eigenvalue weighted by molar-refractivity contribution is -0.907. The van der Waals surface area contributed by atoms with Crippen molar-refractivity contribution in [2.45, 2.75) is 26.1 Å². The lowest BCUT2D eigenvalue weighted by Gasteiger charge is -2.31. The van der Waals surface area contributed by atoms with Crippen molar-refractivity contribution < 1.29 is 14.4 Å². The molecule has 1 aliphatic heterocycles. The molecule has 2 N–H and O–H groups in total. The summed E-state index contributed by atoms with van der Waals surface area (Å²) in [5.74, 6) is 0.229. The summed E-state index contributed by atoms with van der Waals surface area (Å²) in [4.78, 5) is 17.2. The summed E-state index contributed by atoms with van der Waals surface area (Å²) in [5.41, 5.74) is 0. The molecular formula is C13H18Cl2N3O2+. The number of pyridine rings is 1. The Balaban J connectivity index is 1.92. The fourth-order valence-electron chi connectivity index (χ4n) is 2.44. The smallest absolute Gasteiger partial charge is 0.280 e. The van der Waals surface area contributed by atoms with E-state index in [0.29, 0.717) is 22.4 Å². The first kappa shape index (κ1) is 15.5. The third-order valence-electron chi connectivity index (χ3n) is 3.09. The van der Waals surface area contributed by atoms with E-state index in [1.807, 2.05) is 13.8 Å². The monoisotopic (exact) mass is 318 g/mol. The van der Waals surface area contributed by atoms with E-state index in [0.717, 1.165) is 13.1 Å². The summed E-state index contributed by atoms with van der Waals surface area (Å²) < 4.78 is 5.65. The van der Waals surface area contributed by atoms with Gasteiger partial charge in [-0.05, 0) is 19.9 Å². The van der Waals surface area contributed by atoms with Crippen molar-refractivity contribution in [1.82, 2.24) is 4.98 Å². The van der Waals surface area contributed by atoms with Gasteiger partial charge in [-0.3, -0.25) is 4.79 Å². The molecule has 0 bridgehead atoms. The van der Waals surface area contributed by atoms with Gasteiger partial charge in [0.25, 0.3) is 5.91 Å². The number of nitrogens with zero attached hydrogens (tertiary/aromatic N) is 1. The Hall–Kier alpha value is -0.880. The Morgan fingerprint density at radius 2 is 2.10 bits per heavy atom. The molecule has 110 valence electrons. The van der Waals surface area contributed by atoms with Crippen molar-refractivity contribution in [3.63, 3.8) is 0 Å². The van der Waals surface area contributed by atoms with Crippen molar-refractivity contribution in [1.29, 1.82) is 0 Å². The zero-order valence-corrected chi connectivity index (χ0v) is 13.0. The van der Waals surface area contributed by atoms with Gasteiger partial charge in [-0.15, -0.1) is 0 Å². The number of hydrogen-bond donors (Lipinski definition) is 2. The van der Waals surface area contributed by atoms with Gasteiger partial charge in [-0.1, -0.05) is 23.2 Å². The molecule has 1 amide bonds. The van der Waals surface area contributed by atoms with Gasteiger partial charge in [0.05, 0.1) is 10.0 Å². The molecule has 2 atom stereocenters. The van der Waals surface area contributed by atoms with E-state index in [2.05, 4.69) is 10.3 Å². The molecule has 1 aromatic rings. The quantitative estimate of drug-likeness (QED) is 0.875. The van der Waals surface area contributed by atoms with Crippen molar-refractivity contribution in [2.75, 3.05) is 25.0 Å². The first-order chi connectivity index (χ1) is 9.44. The van der Waals surface area contributed by atoms with Crippen LogP contribution in [0.25, 0.3) is 0 Å². The van der Waals surface area contributed by atoms with Gasteiger partial charge in [-0.25, -0.2) is 4.98 Å². The van der Waals surface area contributed by atoms with E-state index in [-0.39, 0.29) is 18.1 Å². The van der Waals surface area contributed by atoms with E-state index in [4.69, 9.17) is 27.9 Å². The molecule has 0 saturated carbocycles. The maximum Gasteiger partial charge on any atom is 0.280 e. The number of ether oxygens (including phenoxy) is 1. The van der Waals surface area contributed by atoms with Crippen molar-refractivity contribution in [3.8, 4) is 0 Å². The van der Waals surface area contributed by atoms with E-state index in [1.54, 1.807) is 6.07 Å². The third kappa shape index (κ3) is 4.31. The minimum absolute atomic E-state index is 0.113. The summed E-state index contributed by atoms with van der Waals surface area (Å²) in [7, 11) is 0. The fraction of sp³-hybridized carbons (Fsp3) is 0.538. The molecule has 2 rings (SSSR count). The number of quaternary nitrogens is 1. The van der Waals surface area contributed by atoms with Gasteiger partial charge < -0.3 is 15.0 Å². The second-order valence-corrected chi connectivity index (χ2v) is 5.97. The number of carbonyl (C=O) groups excluding carboxylic acids is 1. The van der Waals surface area contributed by atoms with Crippen molar-refractivity contribution >= 4 is 34.9 Å². The van der Waals surface area contributed by atoms with Gasteiger partial charge in [-0.2, -0.15) is 0 Å². The molecule has 0 unspecified atom stereocenters. The van der Waals surface area contributed by atoms with E-state index in [1.165, 1.54) is 11.1 Å². The summed E-state index contributed by atoms with van der Waals surface area (Å²) in [6.45, 7) is 6.05. The second-order valence-electron chi connectivity index (χ2n) is 5.12. The minimum Gasteiger partial charge on any atom is -0.364 e. The second kappa shape index (κ2) is 6.72. The summed E-state index contributed by atoms with van der Waals surface area (Å²) in [5, 5.41) is 3.49. The molecule has 1 fully saturated rings. The van der Waals surface area contributed by atoms with Crippen LogP contribution in [-0.4, -0.2) is 42.7 Å². The highest BCUT2D eigenvalue weighted by Crippen LogP contribution is 2.22. The number of halogens is 2. The number of rotatable bonds is 3.